The van der Waals surface area contributed by atoms with E-state index in [0.29, 0.717) is 0 Å². The molecule has 1 aromatic heterocycles. The first-order valence-corrected chi connectivity index (χ1v) is 5.98. The lowest BCUT2D eigenvalue weighted by Gasteiger charge is -2.05. The van der Waals surface area contributed by atoms with E-state index in [-0.39, 0.29) is 0 Å². The minimum atomic E-state index is 0.887. The Morgan fingerprint density at radius 3 is 2.93 bits per heavy atom. The number of aromatic nitrogens is 1. The molecule has 1 rings (SSSR count). The lowest BCUT2D eigenvalue weighted by atomic mass is 10.4. The second-order valence-corrected chi connectivity index (χ2v) is 4.54. The number of hydrogen-bond acceptors (Lipinski definition) is 2. The number of hydrogen-bond donors (Lipinski definition) is 1. The van der Waals surface area contributed by atoms with Crippen molar-refractivity contribution in [3.05, 3.63) is 33.4 Å². The molecule has 0 radical (unpaired) electrons. The Balaban J connectivity index is 2.50. The van der Waals surface area contributed by atoms with Crippen LogP contribution in [0.5, 0.6) is 0 Å². The lowest BCUT2D eigenvalue weighted by Crippen LogP contribution is -2.02. The molecule has 0 aliphatic heterocycles. The van der Waals surface area contributed by atoms with Gasteiger partial charge in [0.15, 0.2) is 0 Å². The third-order valence-corrected chi connectivity index (χ3v) is 2.69. The number of nitrogens with zero attached hydrogens (tertiary/aromatic N) is 1. The molecule has 4 heteroatoms. The standard InChI is InChI=1S/C10H12Br2N2/c1-2-3-4-5-13-10-9(12)6-8(11)7-14-10/h2-3,6-7H,4-5H2,1H3,(H,13,14)/b3-2+. The van der Waals surface area contributed by atoms with Gasteiger partial charge in [0, 0.05) is 17.2 Å². The SMILES string of the molecule is C/C=C/CCNc1ncc(Br)cc1Br. The van der Waals surface area contributed by atoms with Crippen LogP contribution in [0.3, 0.4) is 0 Å². The summed E-state index contributed by atoms with van der Waals surface area (Å²) >= 11 is 6.80. The molecule has 14 heavy (non-hydrogen) atoms. The third-order valence-electron chi connectivity index (χ3n) is 1.65. The van der Waals surface area contributed by atoms with Crippen molar-refractivity contribution in [2.45, 2.75) is 13.3 Å². The quantitative estimate of drug-likeness (QED) is 0.670. The van der Waals surface area contributed by atoms with Crippen LogP contribution in [0.25, 0.3) is 0 Å². The molecule has 0 fully saturated rings. The van der Waals surface area contributed by atoms with E-state index in [1.165, 1.54) is 0 Å². The number of pyridine rings is 1. The van der Waals surface area contributed by atoms with Crippen LogP contribution in [0.15, 0.2) is 33.4 Å². The first-order chi connectivity index (χ1) is 6.74. The van der Waals surface area contributed by atoms with E-state index >= 15 is 0 Å². The van der Waals surface area contributed by atoms with Crippen LogP contribution in [0, 0.1) is 0 Å². The summed E-state index contributed by atoms with van der Waals surface area (Å²) in [4.78, 5) is 4.25. The average molecular weight is 320 g/mol. The normalized spacial score (nSPS) is 10.8. The Kier molecular flexibility index (Phi) is 5.19. The highest BCUT2D eigenvalue weighted by Gasteiger charge is 1.99. The van der Waals surface area contributed by atoms with Gasteiger partial charge in [-0.3, -0.25) is 0 Å². The predicted octanol–water partition coefficient (Wildman–Crippen LogP) is 3.98. The summed E-state index contributed by atoms with van der Waals surface area (Å²) in [6, 6.07) is 1.98. The zero-order valence-corrected chi connectivity index (χ0v) is 11.1. The van der Waals surface area contributed by atoms with Crippen molar-refractivity contribution in [1.29, 1.82) is 0 Å². The number of rotatable bonds is 4. The van der Waals surface area contributed by atoms with Crippen LogP contribution in [0.1, 0.15) is 13.3 Å². The second kappa shape index (κ2) is 6.19. The molecule has 0 aliphatic rings. The highest BCUT2D eigenvalue weighted by atomic mass is 79.9. The highest BCUT2D eigenvalue weighted by Crippen LogP contribution is 2.23. The van der Waals surface area contributed by atoms with Crippen molar-refractivity contribution in [2.75, 3.05) is 11.9 Å². The van der Waals surface area contributed by atoms with Crippen molar-refractivity contribution in [2.24, 2.45) is 0 Å². The first kappa shape index (κ1) is 11.7. The lowest BCUT2D eigenvalue weighted by molar-refractivity contribution is 1.04. The Morgan fingerprint density at radius 1 is 1.50 bits per heavy atom. The minimum Gasteiger partial charge on any atom is -0.369 e. The number of anilines is 1. The van der Waals surface area contributed by atoms with Gasteiger partial charge in [-0.1, -0.05) is 12.2 Å². The summed E-state index contributed by atoms with van der Waals surface area (Å²) in [6.07, 6.45) is 6.97. The summed E-state index contributed by atoms with van der Waals surface area (Å²) in [5, 5.41) is 3.24. The van der Waals surface area contributed by atoms with E-state index < -0.39 is 0 Å². The fourth-order valence-corrected chi connectivity index (χ4v) is 2.11. The van der Waals surface area contributed by atoms with Gasteiger partial charge in [0.05, 0.1) is 4.47 Å². The zero-order chi connectivity index (χ0) is 10.4. The molecule has 0 bridgehead atoms. The van der Waals surface area contributed by atoms with Gasteiger partial charge in [-0.25, -0.2) is 4.98 Å². The van der Waals surface area contributed by atoms with Crippen LogP contribution in [0.2, 0.25) is 0 Å². The molecule has 1 heterocycles. The van der Waals surface area contributed by atoms with E-state index in [2.05, 4.69) is 48.2 Å². The molecule has 0 amide bonds. The zero-order valence-electron chi connectivity index (χ0n) is 7.93. The van der Waals surface area contributed by atoms with Crippen LogP contribution >= 0.6 is 31.9 Å². The van der Waals surface area contributed by atoms with Gasteiger partial charge in [0.25, 0.3) is 0 Å². The van der Waals surface area contributed by atoms with Crippen molar-refractivity contribution in [1.82, 2.24) is 4.98 Å². The molecular weight excluding hydrogens is 308 g/mol. The third kappa shape index (κ3) is 3.80. The molecule has 0 unspecified atom stereocenters. The summed E-state index contributed by atoms with van der Waals surface area (Å²) in [5.41, 5.74) is 0. The van der Waals surface area contributed by atoms with Gasteiger partial charge in [0.1, 0.15) is 5.82 Å². The maximum Gasteiger partial charge on any atom is 0.140 e. The summed E-state index contributed by atoms with van der Waals surface area (Å²) in [5.74, 6) is 0.887. The molecule has 0 aromatic carbocycles. The molecule has 0 atom stereocenters. The van der Waals surface area contributed by atoms with E-state index in [4.69, 9.17) is 0 Å². The number of allylic oxidation sites excluding steroid dienone is 1. The van der Waals surface area contributed by atoms with Gasteiger partial charge in [-0.05, 0) is 51.3 Å². The van der Waals surface area contributed by atoms with Crippen LogP contribution in [-0.4, -0.2) is 11.5 Å². The maximum atomic E-state index is 4.25. The van der Waals surface area contributed by atoms with Gasteiger partial charge >= 0.3 is 0 Å². The summed E-state index contributed by atoms with van der Waals surface area (Å²) in [7, 11) is 0. The Hall–Kier alpha value is -0.350. The van der Waals surface area contributed by atoms with Gasteiger partial charge in [-0.2, -0.15) is 0 Å². The fraction of sp³-hybridized carbons (Fsp3) is 0.300. The fourth-order valence-electron chi connectivity index (χ4n) is 0.985. The Labute approximate surface area is 101 Å². The maximum absolute atomic E-state index is 4.25. The topological polar surface area (TPSA) is 24.9 Å². The predicted molar refractivity (Wildman–Crippen MR) is 67.6 cm³/mol. The molecule has 0 spiro atoms. The molecule has 76 valence electrons. The molecule has 0 saturated carbocycles. The van der Waals surface area contributed by atoms with Gasteiger partial charge in [0.2, 0.25) is 0 Å². The Morgan fingerprint density at radius 2 is 2.29 bits per heavy atom. The summed E-state index contributed by atoms with van der Waals surface area (Å²) in [6.45, 7) is 2.92. The minimum absolute atomic E-state index is 0.887. The largest absolute Gasteiger partial charge is 0.369 e. The highest BCUT2D eigenvalue weighted by molar-refractivity contribution is 9.11. The van der Waals surface area contributed by atoms with Crippen LogP contribution in [-0.2, 0) is 0 Å². The molecule has 0 aliphatic carbocycles. The molecule has 1 N–H and O–H groups in total. The number of halogens is 2. The van der Waals surface area contributed by atoms with Crippen molar-refractivity contribution < 1.29 is 0 Å². The van der Waals surface area contributed by atoms with E-state index in [0.717, 1.165) is 27.7 Å². The van der Waals surface area contributed by atoms with Crippen LogP contribution in [0.4, 0.5) is 5.82 Å². The molecular formula is C10H12Br2N2. The van der Waals surface area contributed by atoms with Gasteiger partial charge < -0.3 is 5.32 Å². The average Bonchev–Trinajstić information content (AvgIpc) is 2.15. The molecule has 2 nitrogen and oxygen atoms in total. The molecule has 0 saturated heterocycles. The van der Waals surface area contributed by atoms with Crippen molar-refractivity contribution >= 4 is 37.7 Å². The number of nitrogens with one attached hydrogen (secondary N) is 1. The van der Waals surface area contributed by atoms with E-state index in [1.807, 2.05) is 19.1 Å². The second-order valence-electron chi connectivity index (χ2n) is 2.77. The first-order valence-electron chi connectivity index (χ1n) is 4.40. The van der Waals surface area contributed by atoms with E-state index in [9.17, 15) is 0 Å². The smallest absolute Gasteiger partial charge is 0.140 e. The molecule has 1 aromatic rings. The van der Waals surface area contributed by atoms with Gasteiger partial charge in [-0.15, -0.1) is 0 Å². The monoisotopic (exact) mass is 318 g/mol. The van der Waals surface area contributed by atoms with E-state index in [1.54, 1.807) is 6.20 Å². The van der Waals surface area contributed by atoms with Crippen LogP contribution < -0.4 is 5.32 Å². The van der Waals surface area contributed by atoms with Crippen molar-refractivity contribution in [3.63, 3.8) is 0 Å². The summed E-state index contributed by atoms with van der Waals surface area (Å²) < 4.78 is 1.95. The van der Waals surface area contributed by atoms with Crippen molar-refractivity contribution in [3.8, 4) is 0 Å². The Bertz CT molecular complexity index is 324.